The van der Waals surface area contributed by atoms with Gasteiger partial charge in [-0.05, 0) is 57.5 Å². The first-order valence-electron chi connectivity index (χ1n) is 9.49. The highest BCUT2D eigenvalue weighted by Gasteiger charge is 2.21. The molecule has 0 aliphatic carbocycles. The lowest BCUT2D eigenvalue weighted by Crippen LogP contribution is -2.29. The largest absolute Gasteiger partial charge is 0.487 e. The van der Waals surface area contributed by atoms with Crippen molar-refractivity contribution in [3.05, 3.63) is 52.3 Å². The third-order valence-electron chi connectivity index (χ3n) is 5.19. The van der Waals surface area contributed by atoms with Crippen molar-refractivity contribution in [3.8, 4) is 17.2 Å². The fourth-order valence-electron chi connectivity index (χ4n) is 3.52. The number of aromatic nitrogens is 2. The molecule has 0 saturated carbocycles. The summed E-state index contributed by atoms with van der Waals surface area (Å²) in [5.41, 5.74) is 4.80. The van der Waals surface area contributed by atoms with Crippen molar-refractivity contribution in [2.24, 2.45) is 0 Å². The summed E-state index contributed by atoms with van der Waals surface area (Å²) in [6, 6.07) is 8.58. The van der Waals surface area contributed by atoms with Crippen molar-refractivity contribution >= 4 is 11.3 Å². The van der Waals surface area contributed by atoms with Gasteiger partial charge in [-0.15, -0.1) is 11.3 Å². The SMILES string of the molecule is Cc1oc(-c2ccc(OCc3cscn3)cc2)nc1CCN1CCCC1C. The van der Waals surface area contributed by atoms with Crippen LogP contribution in [0.5, 0.6) is 5.75 Å². The summed E-state index contributed by atoms with van der Waals surface area (Å²) in [7, 11) is 0. The smallest absolute Gasteiger partial charge is 0.226 e. The highest BCUT2D eigenvalue weighted by atomic mass is 32.1. The Morgan fingerprint density at radius 2 is 2.15 bits per heavy atom. The van der Waals surface area contributed by atoms with Crippen LogP contribution in [0.15, 0.2) is 39.6 Å². The summed E-state index contributed by atoms with van der Waals surface area (Å²) in [6.45, 7) is 7.06. The Kier molecular flexibility index (Phi) is 5.55. The van der Waals surface area contributed by atoms with Crippen LogP contribution in [0, 0.1) is 6.92 Å². The second-order valence-corrected chi connectivity index (χ2v) is 7.81. The summed E-state index contributed by atoms with van der Waals surface area (Å²) in [6.07, 6.45) is 3.55. The number of rotatable bonds is 7. The molecule has 0 spiro atoms. The van der Waals surface area contributed by atoms with Crippen LogP contribution in [0.2, 0.25) is 0 Å². The summed E-state index contributed by atoms with van der Waals surface area (Å²) in [5, 5.41) is 1.99. The van der Waals surface area contributed by atoms with E-state index >= 15 is 0 Å². The van der Waals surface area contributed by atoms with E-state index in [9.17, 15) is 0 Å². The van der Waals surface area contributed by atoms with Gasteiger partial charge in [-0.2, -0.15) is 0 Å². The van der Waals surface area contributed by atoms with Gasteiger partial charge in [-0.1, -0.05) is 0 Å². The normalized spacial score (nSPS) is 17.5. The predicted octanol–water partition coefficient (Wildman–Crippen LogP) is 4.71. The van der Waals surface area contributed by atoms with Crippen LogP contribution < -0.4 is 4.74 Å². The number of likely N-dealkylation sites (tertiary alicyclic amines) is 1. The zero-order valence-electron chi connectivity index (χ0n) is 15.9. The Balaban J connectivity index is 1.38. The fraction of sp³-hybridized carbons (Fsp3) is 0.429. The molecular weight excluding hydrogens is 358 g/mol. The molecule has 27 heavy (non-hydrogen) atoms. The van der Waals surface area contributed by atoms with Crippen LogP contribution in [0.3, 0.4) is 0 Å². The van der Waals surface area contributed by atoms with E-state index < -0.39 is 0 Å². The number of ether oxygens (including phenoxy) is 1. The quantitative estimate of drug-likeness (QED) is 0.591. The van der Waals surface area contributed by atoms with Crippen molar-refractivity contribution in [2.45, 2.75) is 45.8 Å². The monoisotopic (exact) mass is 383 g/mol. The van der Waals surface area contributed by atoms with Crippen molar-refractivity contribution < 1.29 is 9.15 Å². The van der Waals surface area contributed by atoms with Crippen molar-refractivity contribution in [2.75, 3.05) is 13.1 Å². The van der Waals surface area contributed by atoms with Crippen LogP contribution in [0.1, 0.15) is 36.9 Å². The first kappa shape index (κ1) is 18.2. The summed E-state index contributed by atoms with van der Waals surface area (Å²) >= 11 is 1.58. The van der Waals surface area contributed by atoms with Gasteiger partial charge in [0, 0.05) is 30.0 Å². The van der Waals surface area contributed by atoms with Gasteiger partial charge < -0.3 is 14.1 Å². The van der Waals surface area contributed by atoms with Crippen molar-refractivity contribution in [1.82, 2.24) is 14.9 Å². The van der Waals surface area contributed by atoms with Gasteiger partial charge in [0.1, 0.15) is 18.1 Å². The standard InChI is InChI=1S/C21H25N3O2S/c1-15-4-3-10-24(15)11-9-20-16(2)26-21(23-20)17-5-7-19(8-6-17)25-12-18-13-27-14-22-18/h5-8,13-15H,3-4,9-12H2,1-2H3. The van der Waals surface area contributed by atoms with Crippen molar-refractivity contribution in [3.63, 3.8) is 0 Å². The van der Waals surface area contributed by atoms with Crippen LogP contribution in [-0.4, -0.2) is 34.0 Å². The van der Waals surface area contributed by atoms with E-state index in [-0.39, 0.29) is 0 Å². The van der Waals surface area contributed by atoms with Crippen LogP contribution >= 0.6 is 11.3 Å². The molecule has 1 atom stereocenters. The molecule has 0 bridgehead atoms. The molecule has 0 radical (unpaired) electrons. The number of aryl methyl sites for hydroxylation is 1. The Labute approximate surface area is 164 Å². The van der Waals surface area contributed by atoms with E-state index in [0.717, 1.165) is 41.4 Å². The molecule has 4 rings (SSSR count). The average molecular weight is 384 g/mol. The minimum Gasteiger partial charge on any atom is -0.487 e. The number of nitrogens with zero attached hydrogens (tertiary/aromatic N) is 3. The van der Waals surface area contributed by atoms with Crippen LogP contribution in [0.25, 0.3) is 11.5 Å². The average Bonchev–Trinajstić information content (AvgIpc) is 3.41. The highest BCUT2D eigenvalue weighted by Crippen LogP contribution is 2.25. The number of oxazole rings is 1. The van der Waals surface area contributed by atoms with E-state index in [1.165, 1.54) is 19.4 Å². The third kappa shape index (κ3) is 4.39. The zero-order valence-corrected chi connectivity index (χ0v) is 16.7. The predicted molar refractivity (Wildman–Crippen MR) is 107 cm³/mol. The van der Waals surface area contributed by atoms with Gasteiger partial charge in [0.25, 0.3) is 0 Å². The number of thiazole rings is 1. The lowest BCUT2D eigenvalue weighted by atomic mass is 10.2. The second-order valence-electron chi connectivity index (χ2n) is 7.09. The molecule has 3 aromatic rings. The molecule has 5 nitrogen and oxygen atoms in total. The highest BCUT2D eigenvalue weighted by molar-refractivity contribution is 7.07. The maximum absolute atomic E-state index is 5.92. The maximum Gasteiger partial charge on any atom is 0.226 e. The molecule has 1 aliphatic heterocycles. The minimum absolute atomic E-state index is 0.486. The van der Waals surface area contributed by atoms with Crippen LogP contribution in [0.4, 0.5) is 0 Å². The molecule has 0 N–H and O–H groups in total. The van der Waals surface area contributed by atoms with Crippen molar-refractivity contribution in [1.29, 1.82) is 0 Å². The number of hydrogen-bond acceptors (Lipinski definition) is 6. The molecule has 1 unspecified atom stereocenters. The summed E-state index contributed by atoms with van der Waals surface area (Å²) in [5.74, 6) is 2.42. The molecular formula is C21H25N3O2S. The van der Waals surface area contributed by atoms with Gasteiger partial charge in [-0.3, -0.25) is 0 Å². The summed E-state index contributed by atoms with van der Waals surface area (Å²) < 4.78 is 11.7. The molecule has 3 heterocycles. The maximum atomic E-state index is 5.92. The topological polar surface area (TPSA) is 51.4 Å². The zero-order chi connectivity index (χ0) is 18.6. The molecule has 2 aromatic heterocycles. The number of hydrogen-bond donors (Lipinski definition) is 0. The Morgan fingerprint density at radius 1 is 1.30 bits per heavy atom. The first-order chi connectivity index (χ1) is 13.2. The lowest BCUT2D eigenvalue weighted by molar-refractivity contribution is 0.271. The fourth-order valence-corrected chi connectivity index (χ4v) is 4.06. The van der Waals surface area contributed by atoms with Gasteiger partial charge in [0.2, 0.25) is 5.89 Å². The molecule has 0 amide bonds. The Hall–Kier alpha value is -2.18. The van der Waals surface area contributed by atoms with Gasteiger partial charge in [0.05, 0.1) is 16.9 Å². The molecule has 6 heteroatoms. The summed E-state index contributed by atoms with van der Waals surface area (Å²) in [4.78, 5) is 11.5. The van der Waals surface area contributed by atoms with Crippen LogP contribution in [-0.2, 0) is 13.0 Å². The molecule has 1 aromatic carbocycles. The van der Waals surface area contributed by atoms with E-state index in [2.05, 4.69) is 16.8 Å². The van der Waals surface area contributed by atoms with E-state index in [1.807, 2.05) is 42.1 Å². The van der Waals surface area contributed by atoms with Gasteiger partial charge in [-0.25, -0.2) is 9.97 Å². The first-order valence-corrected chi connectivity index (χ1v) is 10.4. The molecule has 1 aliphatic rings. The van der Waals surface area contributed by atoms with E-state index in [4.69, 9.17) is 14.1 Å². The van der Waals surface area contributed by atoms with E-state index in [1.54, 1.807) is 11.3 Å². The Bertz CT molecular complexity index is 858. The second kappa shape index (κ2) is 8.23. The Morgan fingerprint density at radius 3 is 2.85 bits per heavy atom. The van der Waals surface area contributed by atoms with Gasteiger partial charge in [0.15, 0.2) is 0 Å². The molecule has 1 fully saturated rings. The minimum atomic E-state index is 0.486. The lowest BCUT2D eigenvalue weighted by Gasteiger charge is -2.20. The molecule has 1 saturated heterocycles. The molecule has 142 valence electrons. The number of benzene rings is 1. The van der Waals surface area contributed by atoms with Gasteiger partial charge >= 0.3 is 0 Å². The van der Waals surface area contributed by atoms with E-state index in [0.29, 0.717) is 18.5 Å². The third-order valence-corrected chi connectivity index (χ3v) is 5.83.